The van der Waals surface area contributed by atoms with Crippen molar-refractivity contribution in [1.82, 2.24) is 0 Å². The molecule has 0 saturated heterocycles. The highest BCUT2D eigenvalue weighted by Crippen LogP contribution is 2.38. The van der Waals surface area contributed by atoms with Gasteiger partial charge in [0.1, 0.15) is 0 Å². The molecule has 0 saturated carbocycles. The second-order valence-corrected chi connectivity index (χ2v) is 11.2. The number of aryl methyl sites for hydroxylation is 2. The van der Waals surface area contributed by atoms with Crippen LogP contribution in [0.2, 0.25) is 0 Å². The van der Waals surface area contributed by atoms with Gasteiger partial charge in [0, 0.05) is 0 Å². The summed E-state index contributed by atoms with van der Waals surface area (Å²) in [5, 5.41) is 13.0. The maximum absolute atomic E-state index is 2.32. The molecule has 8 aromatic rings. The monoisotopic (exact) mass is 508 g/mol. The third-order valence-electron chi connectivity index (χ3n) is 8.60. The summed E-state index contributed by atoms with van der Waals surface area (Å²) in [5.41, 5.74) is 7.61. The summed E-state index contributed by atoms with van der Waals surface area (Å²) < 4.78 is 0. The lowest BCUT2D eigenvalue weighted by molar-refractivity contribution is 1.47. The standard InChI is InChI=1S/C40H28/c1-25-3-7-27(8-4-25)29-11-15-33-31(23-29)13-17-37-35(33)19-21-40-38-18-14-32-24-30(28-9-5-26(2)6-10-28)12-16-34(32)36(38)20-22-39(37)40/h3-24H,1-2H3. The molecule has 0 fully saturated rings. The van der Waals surface area contributed by atoms with Crippen molar-refractivity contribution < 1.29 is 0 Å². The lowest BCUT2D eigenvalue weighted by Crippen LogP contribution is -1.86. The van der Waals surface area contributed by atoms with Crippen LogP contribution in [-0.4, -0.2) is 0 Å². The zero-order valence-corrected chi connectivity index (χ0v) is 22.7. The predicted molar refractivity (Wildman–Crippen MR) is 174 cm³/mol. The van der Waals surface area contributed by atoms with Crippen molar-refractivity contribution >= 4 is 53.9 Å². The van der Waals surface area contributed by atoms with Gasteiger partial charge in [0.2, 0.25) is 0 Å². The van der Waals surface area contributed by atoms with Gasteiger partial charge in [-0.15, -0.1) is 0 Å². The first-order chi connectivity index (χ1) is 19.6. The summed E-state index contributed by atoms with van der Waals surface area (Å²) in [6, 6.07) is 49.8. The molecule has 0 spiro atoms. The predicted octanol–water partition coefficient (Wildman–Crippen LogP) is 11.4. The minimum atomic E-state index is 1.26. The van der Waals surface area contributed by atoms with E-state index in [0.717, 1.165) is 0 Å². The van der Waals surface area contributed by atoms with E-state index in [2.05, 4.69) is 147 Å². The molecule has 0 radical (unpaired) electrons. The fourth-order valence-electron chi connectivity index (χ4n) is 6.37. The Balaban J connectivity index is 1.27. The summed E-state index contributed by atoms with van der Waals surface area (Å²) >= 11 is 0. The van der Waals surface area contributed by atoms with E-state index in [0.29, 0.717) is 0 Å². The average molecular weight is 509 g/mol. The van der Waals surface area contributed by atoms with Crippen LogP contribution in [0.25, 0.3) is 76.1 Å². The fourth-order valence-corrected chi connectivity index (χ4v) is 6.37. The molecule has 0 heteroatoms. The van der Waals surface area contributed by atoms with Crippen molar-refractivity contribution in [1.29, 1.82) is 0 Å². The molecule has 0 bridgehead atoms. The first-order valence-electron chi connectivity index (χ1n) is 14.0. The summed E-state index contributed by atoms with van der Waals surface area (Å²) in [6.07, 6.45) is 0. The summed E-state index contributed by atoms with van der Waals surface area (Å²) in [4.78, 5) is 0. The van der Waals surface area contributed by atoms with Crippen LogP contribution in [-0.2, 0) is 0 Å². The molecule has 0 aliphatic heterocycles. The van der Waals surface area contributed by atoms with Crippen molar-refractivity contribution in [2.75, 3.05) is 0 Å². The Morgan fingerprint density at radius 3 is 0.900 bits per heavy atom. The van der Waals surface area contributed by atoms with E-state index in [1.54, 1.807) is 0 Å². The van der Waals surface area contributed by atoms with E-state index in [1.165, 1.54) is 87.2 Å². The van der Waals surface area contributed by atoms with E-state index < -0.39 is 0 Å². The van der Waals surface area contributed by atoms with E-state index >= 15 is 0 Å². The summed E-state index contributed by atoms with van der Waals surface area (Å²) in [7, 11) is 0. The van der Waals surface area contributed by atoms with Crippen LogP contribution < -0.4 is 0 Å². The van der Waals surface area contributed by atoms with Crippen LogP contribution >= 0.6 is 0 Å². The number of fused-ring (bicyclic) bond motifs is 9. The molecule has 40 heavy (non-hydrogen) atoms. The molecule has 0 aliphatic carbocycles. The van der Waals surface area contributed by atoms with E-state index in [4.69, 9.17) is 0 Å². The highest BCUT2D eigenvalue weighted by atomic mass is 14.1. The highest BCUT2D eigenvalue weighted by Gasteiger charge is 2.11. The molecule has 8 aromatic carbocycles. The largest absolute Gasteiger partial charge is 0.0587 e. The average Bonchev–Trinajstić information content (AvgIpc) is 3.00. The summed E-state index contributed by atoms with van der Waals surface area (Å²) in [6.45, 7) is 4.27. The SMILES string of the molecule is Cc1ccc(-c2ccc3c(ccc4c3ccc3c5ccc6cc(-c7ccc(C)cc7)ccc6c5ccc43)c2)cc1. The fraction of sp³-hybridized carbons (Fsp3) is 0.0500. The zero-order valence-electron chi connectivity index (χ0n) is 22.7. The Kier molecular flexibility index (Phi) is 5.06. The van der Waals surface area contributed by atoms with Crippen LogP contribution in [0.3, 0.4) is 0 Å². The number of benzene rings is 8. The Bertz CT molecular complexity index is 2090. The van der Waals surface area contributed by atoms with Crippen molar-refractivity contribution in [3.63, 3.8) is 0 Å². The second kappa shape index (κ2) is 8.79. The molecular formula is C40H28. The van der Waals surface area contributed by atoms with Gasteiger partial charge in [-0.25, -0.2) is 0 Å². The number of rotatable bonds is 2. The third kappa shape index (κ3) is 3.61. The first-order valence-corrected chi connectivity index (χ1v) is 14.0. The topological polar surface area (TPSA) is 0 Å². The smallest absolute Gasteiger partial charge is 0.00987 e. The van der Waals surface area contributed by atoms with E-state index in [1.807, 2.05) is 0 Å². The molecule has 0 nitrogen and oxygen atoms in total. The van der Waals surface area contributed by atoms with Crippen molar-refractivity contribution in [2.24, 2.45) is 0 Å². The first kappa shape index (κ1) is 23.0. The molecular weight excluding hydrogens is 480 g/mol. The Labute approximate surface area is 234 Å². The van der Waals surface area contributed by atoms with E-state index in [9.17, 15) is 0 Å². The lowest BCUT2D eigenvalue weighted by atomic mass is 9.91. The van der Waals surface area contributed by atoms with Gasteiger partial charge in [-0.2, -0.15) is 0 Å². The van der Waals surface area contributed by atoms with Crippen molar-refractivity contribution in [3.05, 3.63) is 145 Å². The Hall–Kier alpha value is -4.94. The summed E-state index contributed by atoms with van der Waals surface area (Å²) in [5.74, 6) is 0. The third-order valence-corrected chi connectivity index (χ3v) is 8.60. The van der Waals surface area contributed by atoms with Gasteiger partial charge in [-0.3, -0.25) is 0 Å². The van der Waals surface area contributed by atoms with Gasteiger partial charge in [-0.1, -0.05) is 132 Å². The zero-order chi connectivity index (χ0) is 26.8. The lowest BCUT2D eigenvalue weighted by Gasteiger charge is -2.13. The van der Waals surface area contributed by atoms with Crippen LogP contribution in [0.1, 0.15) is 11.1 Å². The minimum Gasteiger partial charge on any atom is -0.0587 e. The van der Waals surface area contributed by atoms with Crippen LogP contribution in [0.4, 0.5) is 0 Å². The molecule has 0 atom stereocenters. The van der Waals surface area contributed by atoms with Gasteiger partial charge in [0.25, 0.3) is 0 Å². The van der Waals surface area contributed by atoms with Gasteiger partial charge in [0.05, 0.1) is 0 Å². The molecule has 0 heterocycles. The van der Waals surface area contributed by atoms with Crippen LogP contribution in [0.15, 0.2) is 133 Å². The maximum Gasteiger partial charge on any atom is -0.00987 e. The van der Waals surface area contributed by atoms with Gasteiger partial charge >= 0.3 is 0 Å². The number of hydrogen-bond donors (Lipinski definition) is 0. The van der Waals surface area contributed by atoms with Crippen LogP contribution in [0, 0.1) is 13.8 Å². The van der Waals surface area contributed by atoms with Crippen LogP contribution in [0.5, 0.6) is 0 Å². The van der Waals surface area contributed by atoms with E-state index in [-0.39, 0.29) is 0 Å². The maximum atomic E-state index is 2.32. The van der Waals surface area contributed by atoms with Crippen molar-refractivity contribution in [3.8, 4) is 22.3 Å². The number of hydrogen-bond acceptors (Lipinski definition) is 0. The molecule has 0 N–H and O–H groups in total. The Morgan fingerprint density at radius 2 is 0.525 bits per heavy atom. The molecule has 0 amide bonds. The molecule has 0 aliphatic rings. The van der Waals surface area contributed by atoms with Gasteiger partial charge in [-0.05, 0) is 102 Å². The van der Waals surface area contributed by atoms with Crippen molar-refractivity contribution in [2.45, 2.75) is 13.8 Å². The highest BCUT2D eigenvalue weighted by molar-refractivity contribution is 6.25. The minimum absolute atomic E-state index is 1.26. The Morgan fingerprint density at radius 1 is 0.250 bits per heavy atom. The van der Waals surface area contributed by atoms with Gasteiger partial charge in [0.15, 0.2) is 0 Å². The molecule has 188 valence electrons. The molecule has 0 aromatic heterocycles. The second-order valence-electron chi connectivity index (χ2n) is 11.2. The van der Waals surface area contributed by atoms with Gasteiger partial charge < -0.3 is 0 Å². The molecule has 8 rings (SSSR count). The molecule has 0 unspecified atom stereocenters. The quantitative estimate of drug-likeness (QED) is 0.204. The normalized spacial score (nSPS) is 11.8.